The number of aliphatic hydroxyl groups is 2. The number of carbonyl (C=O) groups is 2. The number of rotatable bonds is 11. The summed E-state index contributed by atoms with van der Waals surface area (Å²) in [5.74, 6) is -2.19. The zero-order chi connectivity index (χ0) is 41.2. The lowest BCUT2D eigenvalue weighted by atomic mass is 9.98. The second-order valence-electron chi connectivity index (χ2n) is 14.9. The third-order valence-electron chi connectivity index (χ3n) is 11.4. The summed E-state index contributed by atoms with van der Waals surface area (Å²) in [6.07, 6.45) is 2.22. The normalized spacial score (nSPS) is 20.2. The van der Waals surface area contributed by atoms with Crippen LogP contribution in [0, 0.1) is 13.8 Å². The summed E-state index contributed by atoms with van der Waals surface area (Å²) in [6.45, 7) is 5.38. The van der Waals surface area contributed by atoms with Crippen LogP contribution in [0.25, 0.3) is 44.7 Å². The van der Waals surface area contributed by atoms with Crippen molar-refractivity contribution in [2.24, 2.45) is 0 Å². The van der Waals surface area contributed by atoms with Crippen LogP contribution in [-0.4, -0.2) is 121 Å². The number of fused-ring (bicyclic) bond motifs is 2. The highest BCUT2D eigenvalue weighted by atomic mass is 35.5. The van der Waals surface area contributed by atoms with Gasteiger partial charge in [0.2, 0.25) is 0 Å². The van der Waals surface area contributed by atoms with Crippen molar-refractivity contribution < 1.29 is 30.0 Å². The van der Waals surface area contributed by atoms with Gasteiger partial charge in [-0.15, -0.1) is 0 Å². The van der Waals surface area contributed by atoms with E-state index in [0.29, 0.717) is 92.0 Å². The number of nitrogens with zero attached hydrogens (tertiary/aromatic N) is 8. The van der Waals surface area contributed by atoms with E-state index in [9.17, 15) is 39.6 Å². The van der Waals surface area contributed by atoms with Crippen LogP contribution in [0.15, 0.2) is 70.5 Å². The lowest BCUT2D eigenvalue weighted by Gasteiger charge is -2.23. The largest absolute Gasteiger partial charge is 0.480 e. The molecule has 0 radical (unpaired) electrons. The van der Waals surface area contributed by atoms with Gasteiger partial charge in [-0.1, -0.05) is 59.6 Å². The minimum absolute atomic E-state index is 0.227. The van der Waals surface area contributed by atoms with Crippen LogP contribution in [0.5, 0.6) is 0 Å². The minimum atomic E-state index is -1.10. The number of aromatic nitrogens is 6. The van der Waals surface area contributed by atoms with Crippen LogP contribution in [0.2, 0.25) is 10.0 Å². The molecule has 2 saturated heterocycles. The third-order valence-corrected chi connectivity index (χ3v) is 12.2. The average molecular weight is 832 g/mol. The second kappa shape index (κ2) is 15.4. The van der Waals surface area contributed by atoms with Crippen molar-refractivity contribution in [2.75, 3.05) is 26.2 Å². The van der Waals surface area contributed by atoms with Gasteiger partial charge in [-0.05, 0) is 38.8 Å². The summed E-state index contributed by atoms with van der Waals surface area (Å²) in [5.41, 5.74) is 4.48. The first kappa shape index (κ1) is 39.5. The van der Waals surface area contributed by atoms with E-state index in [1.807, 2.05) is 24.3 Å². The first-order valence-electron chi connectivity index (χ1n) is 18.8. The molecule has 0 unspecified atom stereocenters. The van der Waals surface area contributed by atoms with Crippen molar-refractivity contribution >= 4 is 46.2 Å². The number of aliphatic hydroxyl groups excluding tert-OH is 2. The smallest absolute Gasteiger partial charge is 0.323 e. The number of aliphatic carboxylic acids is 2. The molecular formula is C40H40Cl2N8O8. The highest BCUT2D eigenvalue weighted by Crippen LogP contribution is 2.42. The molecule has 18 heteroatoms. The number of carboxylic acid groups (broad SMARTS) is 2. The van der Waals surface area contributed by atoms with E-state index >= 15 is 0 Å². The number of benzene rings is 2. The molecule has 4 N–H and O–H groups in total. The Kier molecular flexibility index (Phi) is 10.5. The fourth-order valence-electron chi connectivity index (χ4n) is 8.37. The van der Waals surface area contributed by atoms with Crippen LogP contribution in [-0.2, 0) is 22.7 Å². The van der Waals surface area contributed by atoms with E-state index in [-0.39, 0.29) is 37.3 Å². The molecule has 0 bridgehead atoms. The fourth-order valence-corrected chi connectivity index (χ4v) is 9.02. The van der Waals surface area contributed by atoms with Crippen molar-refractivity contribution in [3.8, 4) is 33.6 Å². The Hall–Kier alpha value is -5.36. The molecule has 16 nitrogen and oxygen atoms in total. The molecule has 2 aliphatic rings. The molecule has 4 aromatic heterocycles. The van der Waals surface area contributed by atoms with E-state index in [1.165, 1.54) is 9.03 Å². The van der Waals surface area contributed by atoms with Gasteiger partial charge in [-0.25, -0.2) is 9.03 Å². The molecule has 0 spiro atoms. The van der Waals surface area contributed by atoms with Crippen LogP contribution in [0.4, 0.5) is 0 Å². The van der Waals surface area contributed by atoms with E-state index in [0.717, 1.165) is 0 Å². The maximum atomic E-state index is 13.7. The van der Waals surface area contributed by atoms with Crippen molar-refractivity contribution in [1.82, 2.24) is 38.2 Å². The van der Waals surface area contributed by atoms with Crippen LogP contribution < -0.4 is 11.1 Å². The molecule has 4 atom stereocenters. The van der Waals surface area contributed by atoms with Crippen LogP contribution in [0.3, 0.4) is 0 Å². The predicted octanol–water partition coefficient (Wildman–Crippen LogP) is 3.27. The highest BCUT2D eigenvalue weighted by Gasteiger charge is 2.39. The molecule has 8 rings (SSSR count). The van der Waals surface area contributed by atoms with Crippen molar-refractivity contribution in [1.29, 1.82) is 0 Å². The van der Waals surface area contributed by atoms with Gasteiger partial charge in [0.25, 0.3) is 11.1 Å². The van der Waals surface area contributed by atoms with Gasteiger partial charge in [0.05, 0.1) is 33.6 Å². The zero-order valence-electron chi connectivity index (χ0n) is 31.5. The molecule has 6 heterocycles. The fraction of sp³-hybridized carbons (Fsp3) is 0.350. The predicted molar refractivity (Wildman–Crippen MR) is 216 cm³/mol. The molecule has 2 fully saturated rings. The number of aryl methyl sites for hydroxylation is 2. The molecule has 0 saturated carbocycles. The van der Waals surface area contributed by atoms with E-state index in [4.69, 9.17) is 23.2 Å². The van der Waals surface area contributed by atoms with Gasteiger partial charge in [0.15, 0.2) is 0 Å². The highest BCUT2D eigenvalue weighted by molar-refractivity contribution is 6.39. The first-order valence-corrected chi connectivity index (χ1v) is 19.6. The summed E-state index contributed by atoms with van der Waals surface area (Å²) in [4.78, 5) is 54.3. The molecule has 2 aliphatic heterocycles. The summed E-state index contributed by atoms with van der Waals surface area (Å²) in [6, 6.07) is 12.1. The number of likely N-dealkylation sites (tertiary alicyclic amines) is 2. The molecular weight excluding hydrogens is 791 g/mol. The molecule has 6 aromatic rings. The van der Waals surface area contributed by atoms with Gasteiger partial charge in [-0.2, -0.15) is 10.2 Å². The van der Waals surface area contributed by atoms with Crippen LogP contribution >= 0.6 is 23.2 Å². The molecule has 302 valence electrons. The minimum Gasteiger partial charge on any atom is -0.480 e. The van der Waals surface area contributed by atoms with Gasteiger partial charge in [0.1, 0.15) is 23.1 Å². The van der Waals surface area contributed by atoms with Crippen molar-refractivity contribution in [3.63, 3.8) is 0 Å². The Labute approximate surface area is 340 Å². The Morgan fingerprint density at radius 3 is 1.41 bits per heavy atom. The quantitative estimate of drug-likeness (QED) is 0.149. The Morgan fingerprint density at radius 1 is 0.655 bits per heavy atom. The number of carboxylic acids is 2. The SMILES string of the molecule is Cc1cn2nc(-c3cccc(-c4cccc(-c5cc6c(=O)n(CCN7CC[C@H](O)[C@H]7C(=O)O)c(C)cn6n5)c4Cl)c3Cl)cc2c(=O)n1CCN1CC[C@H](O)[C@H]1C(=O)O. The summed E-state index contributed by atoms with van der Waals surface area (Å²) < 4.78 is 6.15. The molecule has 2 aromatic carbocycles. The van der Waals surface area contributed by atoms with Gasteiger partial charge in [0, 0.05) is 85.3 Å². The van der Waals surface area contributed by atoms with Crippen molar-refractivity contribution in [2.45, 2.75) is 64.1 Å². The van der Waals surface area contributed by atoms with E-state index in [1.54, 1.807) is 69.4 Å². The maximum absolute atomic E-state index is 13.7. The first-order chi connectivity index (χ1) is 27.7. The molecule has 58 heavy (non-hydrogen) atoms. The molecule has 0 amide bonds. The average Bonchev–Trinajstić information content (AvgIpc) is 3.97. The number of halogens is 2. The Morgan fingerprint density at radius 2 is 1.03 bits per heavy atom. The van der Waals surface area contributed by atoms with Gasteiger partial charge >= 0.3 is 11.9 Å². The Balaban J connectivity index is 1.08. The monoisotopic (exact) mass is 830 g/mol. The lowest BCUT2D eigenvalue weighted by Crippen LogP contribution is -2.43. The second-order valence-corrected chi connectivity index (χ2v) is 15.6. The summed E-state index contributed by atoms with van der Waals surface area (Å²) in [7, 11) is 0. The summed E-state index contributed by atoms with van der Waals surface area (Å²) >= 11 is 14.2. The summed E-state index contributed by atoms with van der Waals surface area (Å²) in [5, 5.41) is 49.5. The molecule has 0 aliphatic carbocycles. The Bertz CT molecular complexity index is 2560. The number of hydrogen-bond acceptors (Lipinski definition) is 10. The van der Waals surface area contributed by atoms with Gasteiger partial charge in [-0.3, -0.25) is 29.0 Å². The topological polar surface area (TPSA) is 200 Å². The van der Waals surface area contributed by atoms with Crippen LogP contribution in [0.1, 0.15) is 24.2 Å². The van der Waals surface area contributed by atoms with Gasteiger partial charge < -0.3 is 29.6 Å². The third kappa shape index (κ3) is 6.88. The zero-order valence-corrected chi connectivity index (χ0v) is 33.0. The van der Waals surface area contributed by atoms with Crippen molar-refractivity contribution in [3.05, 3.63) is 103 Å². The maximum Gasteiger partial charge on any atom is 0.323 e. The number of hydrogen-bond donors (Lipinski definition) is 4. The lowest BCUT2D eigenvalue weighted by molar-refractivity contribution is -0.146. The standard InChI is InChI=1S/C40H40Cl2N8O8/c1-21-19-49-29(37(53)47(21)15-13-45-11-9-31(51)35(45)39(55)56)17-27(43-49)25-7-3-5-23(33(25)41)24-6-4-8-26(34(24)42)28-18-30-38(54)48(22(2)20-50(30)44-28)16-14-46-12-10-32(52)36(46)40(57)58/h3-8,17-20,31-32,35-36,51-52H,9-16H2,1-2H3,(H,55,56)(H,57,58)/t31-,32-,35-,36-/m0/s1. The van der Waals surface area contributed by atoms with E-state index < -0.39 is 36.2 Å². The van der Waals surface area contributed by atoms with E-state index in [2.05, 4.69) is 10.2 Å².